The van der Waals surface area contributed by atoms with Gasteiger partial charge in [-0.05, 0) is 26.2 Å². The van der Waals surface area contributed by atoms with Crippen LogP contribution in [0.5, 0.6) is 0 Å². The maximum atomic E-state index is 5.84. The quantitative estimate of drug-likeness (QED) is 0.814. The van der Waals surface area contributed by atoms with Gasteiger partial charge in [-0.25, -0.2) is 0 Å². The summed E-state index contributed by atoms with van der Waals surface area (Å²) in [4.78, 5) is 3.60. The molecule has 0 radical (unpaired) electrons. The van der Waals surface area contributed by atoms with Crippen molar-refractivity contribution in [3.05, 3.63) is 21.3 Å². The number of nitrogens with zero attached hydrogens (tertiary/aromatic N) is 1. The lowest BCUT2D eigenvalue weighted by Crippen LogP contribution is -2.26. The predicted octanol–water partition coefficient (Wildman–Crippen LogP) is 2.05. The smallest absolute Gasteiger partial charge is 0.0931 e. The molecule has 13 heavy (non-hydrogen) atoms. The monoisotopic (exact) mass is 218 g/mol. The van der Waals surface area contributed by atoms with Crippen molar-refractivity contribution in [3.63, 3.8) is 0 Å². The van der Waals surface area contributed by atoms with E-state index in [0.29, 0.717) is 0 Å². The lowest BCUT2D eigenvalue weighted by Gasteiger charge is -2.14. The normalized spacial score (nSPS) is 11.1. The molecular weight excluding hydrogens is 204 g/mol. The van der Waals surface area contributed by atoms with Crippen molar-refractivity contribution in [2.24, 2.45) is 0 Å². The number of hydrogen-bond acceptors (Lipinski definition) is 3. The molecule has 0 spiro atoms. The summed E-state index contributed by atoms with van der Waals surface area (Å²) in [5, 5.41) is 3.13. The van der Waals surface area contributed by atoms with Gasteiger partial charge in [0.1, 0.15) is 0 Å². The zero-order valence-electron chi connectivity index (χ0n) is 8.01. The van der Waals surface area contributed by atoms with Gasteiger partial charge in [0, 0.05) is 24.5 Å². The fourth-order valence-corrected chi connectivity index (χ4v) is 2.25. The fraction of sp³-hybridized carbons (Fsp3) is 0.556. The molecule has 1 N–H and O–H groups in total. The summed E-state index contributed by atoms with van der Waals surface area (Å²) in [5.74, 6) is 0. The molecule has 0 saturated heterocycles. The molecule has 0 fully saturated rings. The van der Waals surface area contributed by atoms with Gasteiger partial charge >= 0.3 is 0 Å². The molecule has 2 nitrogen and oxygen atoms in total. The van der Waals surface area contributed by atoms with Crippen LogP contribution in [-0.2, 0) is 6.54 Å². The molecule has 1 rings (SSSR count). The molecule has 1 aromatic rings. The number of thiophene rings is 1. The second kappa shape index (κ2) is 5.60. The Bertz CT molecular complexity index is 250. The number of hydrogen-bond donors (Lipinski definition) is 1. The zero-order valence-corrected chi connectivity index (χ0v) is 9.58. The summed E-state index contributed by atoms with van der Waals surface area (Å²) in [6.07, 6.45) is 0. The highest BCUT2D eigenvalue weighted by atomic mass is 35.5. The van der Waals surface area contributed by atoms with Crippen LogP contribution in [0.2, 0.25) is 4.34 Å². The first kappa shape index (κ1) is 11.0. The summed E-state index contributed by atoms with van der Waals surface area (Å²) in [6, 6.07) is 4.04. The van der Waals surface area contributed by atoms with Crippen molar-refractivity contribution in [2.45, 2.75) is 6.54 Å². The number of rotatable bonds is 5. The van der Waals surface area contributed by atoms with Crippen molar-refractivity contribution in [3.8, 4) is 0 Å². The maximum Gasteiger partial charge on any atom is 0.0931 e. The van der Waals surface area contributed by atoms with E-state index in [9.17, 15) is 0 Å². The van der Waals surface area contributed by atoms with E-state index in [0.717, 1.165) is 24.0 Å². The lowest BCUT2D eigenvalue weighted by molar-refractivity contribution is 0.331. The molecule has 0 aliphatic rings. The highest BCUT2D eigenvalue weighted by Crippen LogP contribution is 2.22. The van der Waals surface area contributed by atoms with E-state index < -0.39 is 0 Å². The number of nitrogens with one attached hydrogen (secondary N) is 1. The van der Waals surface area contributed by atoms with Crippen LogP contribution in [0.4, 0.5) is 0 Å². The molecule has 0 aliphatic carbocycles. The van der Waals surface area contributed by atoms with Crippen molar-refractivity contribution < 1.29 is 0 Å². The van der Waals surface area contributed by atoms with Gasteiger partial charge in [0.2, 0.25) is 0 Å². The Kier molecular flexibility index (Phi) is 4.73. The fourth-order valence-electron chi connectivity index (χ4n) is 1.08. The summed E-state index contributed by atoms with van der Waals surface area (Å²) >= 11 is 7.49. The van der Waals surface area contributed by atoms with Gasteiger partial charge < -0.3 is 10.2 Å². The topological polar surface area (TPSA) is 15.3 Å². The third-order valence-corrected chi connectivity index (χ3v) is 3.01. The SMILES string of the molecule is CNCCN(C)Cc1ccc(Cl)s1. The van der Waals surface area contributed by atoms with E-state index >= 15 is 0 Å². The van der Waals surface area contributed by atoms with Crippen LogP contribution in [0.3, 0.4) is 0 Å². The Morgan fingerprint density at radius 3 is 2.85 bits per heavy atom. The predicted molar refractivity (Wildman–Crippen MR) is 59.6 cm³/mol. The van der Waals surface area contributed by atoms with E-state index in [1.165, 1.54) is 4.88 Å². The standard InChI is InChI=1S/C9H15ClN2S/c1-11-5-6-12(2)7-8-3-4-9(10)13-8/h3-4,11H,5-7H2,1-2H3. The van der Waals surface area contributed by atoms with Gasteiger partial charge in [-0.1, -0.05) is 11.6 Å². The zero-order chi connectivity index (χ0) is 9.68. The van der Waals surface area contributed by atoms with E-state index in [-0.39, 0.29) is 0 Å². The number of likely N-dealkylation sites (N-methyl/N-ethyl adjacent to an activating group) is 2. The van der Waals surface area contributed by atoms with E-state index in [1.54, 1.807) is 11.3 Å². The minimum atomic E-state index is 0.872. The Labute approximate surface area is 88.5 Å². The molecule has 1 aromatic heterocycles. The molecule has 0 aliphatic heterocycles. The molecule has 0 bridgehead atoms. The summed E-state index contributed by atoms with van der Waals surface area (Å²) < 4.78 is 0.872. The Balaban J connectivity index is 2.31. The van der Waals surface area contributed by atoms with Crippen LogP contribution in [0.1, 0.15) is 4.88 Å². The third kappa shape index (κ3) is 4.09. The first-order chi connectivity index (χ1) is 6.22. The average molecular weight is 219 g/mol. The highest BCUT2D eigenvalue weighted by Gasteiger charge is 2.01. The summed E-state index contributed by atoms with van der Waals surface area (Å²) in [5.41, 5.74) is 0. The summed E-state index contributed by atoms with van der Waals surface area (Å²) in [7, 11) is 4.08. The Hall–Kier alpha value is -0.0900. The van der Waals surface area contributed by atoms with Crippen LogP contribution in [0.25, 0.3) is 0 Å². The molecule has 0 unspecified atom stereocenters. The van der Waals surface area contributed by atoms with Crippen LogP contribution < -0.4 is 5.32 Å². The molecule has 0 saturated carbocycles. The first-order valence-corrected chi connectivity index (χ1v) is 5.49. The molecule has 4 heteroatoms. The van der Waals surface area contributed by atoms with Crippen LogP contribution in [0, 0.1) is 0 Å². The van der Waals surface area contributed by atoms with Crippen LogP contribution >= 0.6 is 22.9 Å². The Morgan fingerprint density at radius 1 is 1.54 bits per heavy atom. The number of halogens is 1. The lowest BCUT2D eigenvalue weighted by atomic mass is 10.4. The van der Waals surface area contributed by atoms with Gasteiger partial charge in [-0.2, -0.15) is 0 Å². The van der Waals surface area contributed by atoms with Gasteiger partial charge in [0.15, 0.2) is 0 Å². The molecule has 0 aromatic carbocycles. The molecule has 0 atom stereocenters. The van der Waals surface area contributed by atoms with Crippen LogP contribution in [-0.4, -0.2) is 32.1 Å². The first-order valence-electron chi connectivity index (χ1n) is 4.29. The van der Waals surface area contributed by atoms with Gasteiger partial charge in [-0.3, -0.25) is 0 Å². The second-order valence-corrected chi connectivity index (χ2v) is 4.85. The second-order valence-electron chi connectivity index (χ2n) is 3.05. The Morgan fingerprint density at radius 2 is 2.31 bits per heavy atom. The van der Waals surface area contributed by atoms with Gasteiger partial charge in [0.25, 0.3) is 0 Å². The summed E-state index contributed by atoms with van der Waals surface area (Å²) in [6.45, 7) is 3.07. The average Bonchev–Trinajstić information content (AvgIpc) is 2.48. The largest absolute Gasteiger partial charge is 0.318 e. The molecule has 0 amide bonds. The van der Waals surface area contributed by atoms with Crippen molar-refractivity contribution in [1.29, 1.82) is 0 Å². The van der Waals surface area contributed by atoms with Crippen molar-refractivity contribution in [2.75, 3.05) is 27.2 Å². The van der Waals surface area contributed by atoms with E-state index in [4.69, 9.17) is 11.6 Å². The third-order valence-electron chi connectivity index (χ3n) is 1.80. The van der Waals surface area contributed by atoms with Crippen molar-refractivity contribution >= 4 is 22.9 Å². The van der Waals surface area contributed by atoms with Gasteiger partial charge in [0.05, 0.1) is 4.34 Å². The van der Waals surface area contributed by atoms with Gasteiger partial charge in [-0.15, -0.1) is 11.3 Å². The van der Waals surface area contributed by atoms with E-state index in [2.05, 4.69) is 23.3 Å². The van der Waals surface area contributed by atoms with Crippen molar-refractivity contribution in [1.82, 2.24) is 10.2 Å². The van der Waals surface area contributed by atoms with Crippen LogP contribution in [0.15, 0.2) is 12.1 Å². The maximum absolute atomic E-state index is 5.84. The molecule has 74 valence electrons. The minimum Gasteiger partial charge on any atom is -0.318 e. The molecular formula is C9H15ClN2S. The van der Waals surface area contributed by atoms with E-state index in [1.807, 2.05) is 13.1 Å². The highest BCUT2D eigenvalue weighted by molar-refractivity contribution is 7.16. The molecule has 1 heterocycles. The minimum absolute atomic E-state index is 0.872.